The summed E-state index contributed by atoms with van der Waals surface area (Å²) in [5, 5.41) is 7.84. The monoisotopic (exact) mass is 92.0 g/mol. The number of allylic oxidation sites excluding steroid dienone is 3. The quantitative estimate of drug-likeness (QED) is 0.346. The van der Waals surface area contributed by atoms with Gasteiger partial charge in [0.1, 0.15) is 0 Å². The van der Waals surface area contributed by atoms with E-state index in [9.17, 15) is 0 Å². The lowest BCUT2D eigenvalue weighted by Gasteiger charge is -1.59. The van der Waals surface area contributed by atoms with E-state index in [0.29, 0.717) is 0 Å². The van der Waals surface area contributed by atoms with E-state index in [1.54, 1.807) is 6.07 Å². The molecule has 0 N–H and O–H groups in total. The second-order valence-electron chi connectivity index (χ2n) is 0.830. The molecule has 0 unspecified atom stereocenters. The number of hydrogen-bond acceptors (Lipinski definition) is 1. The third-order valence-electron chi connectivity index (χ3n) is 0.368. The number of nitrogens with zero attached hydrogens (tertiary/aromatic N) is 2. The van der Waals surface area contributed by atoms with Gasteiger partial charge in [0, 0.05) is 12.3 Å². The molecule has 2 heteroatoms. The van der Waals surface area contributed by atoms with Crippen molar-refractivity contribution in [1.29, 1.82) is 5.26 Å². The predicted molar refractivity (Wildman–Crippen MR) is 26.0 cm³/mol. The molecule has 0 rings (SSSR count). The van der Waals surface area contributed by atoms with Crippen molar-refractivity contribution in [2.75, 3.05) is 0 Å². The van der Waals surface area contributed by atoms with E-state index in [1.165, 1.54) is 18.2 Å². The molecule has 34 valence electrons. The van der Waals surface area contributed by atoms with Crippen LogP contribution in [0.25, 0.3) is 0 Å². The molecule has 0 aliphatic rings. The van der Waals surface area contributed by atoms with E-state index in [1.807, 2.05) is 0 Å². The predicted octanol–water partition coefficient (Wildman–Crippen LogP) is 0.649. The standard InChI is InChI=1S/C5H4N2/c6-4-2-1-3-5-7/h1-4H/b3-1+,4-2+. The zero-order chi connectivity index (χ0) is 5.54. The van der Waals surface area contributed by atoms with E-state index in [-0.39, 0.29) is 0 Å². The van der Waals surface area contributed by atoms with Crippen LogP contribution in [-0.2, 0) is 0 Å². The van der Waals surface area contributed by atoms with Gasteiger partial charge in [-0.15, -0.1) is 0 Å². The molecule has 0 atom stereocenters. The molecule has 0 saturated heterocycles. The highest BCUT2D eigenvalue weighted by atomic mass is 14.5. The molecule has 0 fully saturated rings. The molecule has 0 aromatic rings. The van der Waals surface area contributed by atoms with Crippen LogP contribution in [-0.4, -0.2) is 0 Å². The average molecular weight is 92.1 g/mol. The van der Waals surface area contributed by atoms with E-state index in [0.717, 1.165) is 6.20 Å². The van der Waals surface area contributed by atoms with Gasteiger partial charge < -0.3 is 0 Å². The SMILES string of the molecule is [N]/C=C/C=C/C#N. The summed E-state index contributed by atoms with van der Waals surface area (Å²) in [5.41, 5.74) is 7.95. The highest BCUT2D eigenvalue weighted by molar-refractivity contribution is 5.10. The second kappa shape index (κ2) is 4.77. The smallest absolute Gasteiger partial charge is 0.0912 e. The second-order valence-corrected chi connectivity index (χ2v) is 0.830. The fourth-order valence-electron chi connectivity index (χ4n) is 0.148. The Hall–Kier alpha value is -1.23. The summed E-state index contributed by atoms with van der Waals surface area (Å²) < 4.78 is 0. The molecule has 7 heavy (non-hydrogen) atoms. The molecule has 2 nitrogen and oxygen atoms in total. The van der Waals surface area contributed by atoms with Crippen LogP contribution in [0.15, 0.2) is 24.4 Å². The summed E-state index contributed by atoms with van der Waals surface area (Å²) in [6.07, 6.45) is 4.95. The summed E-state index contributed by atoms with van der Waals surface area (Å²) in [6.45, 7) is 0. The summed E-state index contributed by atoms with van der Waals surface area (Å²) in [5.74, 6) is 0. The maximum absolute atomic E-state index is 7.95. The van der Waals surface area contributed by atoms with Crippen molar-refractivity contribution < 1.29 is 0 Å². The zero-order valence-corrected chi connectivity index (χ0v) is 3.70. The lowest BCUT2D eigenvalue weighted by molar-refractivity contribution is 1.51. The average Bonchev–Trinajstić information content (AvgIpc) is 1.69. The number of rotatable bonds is 1. The van der Waals surface area contributed by atoms with Gasteiger partial charge >= 0.3 is 0 Å². The minimum Gasteiger partial charge on any atom is -0.193 e. The van der Waals surface area contributed by atoms with Gasteiger partial charge in [-0.1, -0.05) is 6.08 Å². The summed E-state index contributed by atoms with van der Waals surface area (Å²) >= 11 is 0. The fourth-order valence-corrected chi connectivity index (χ4v) is 0.148. The van der Waals surface area contributed by atoms with Crippen LogP contribution in [0.4, 0.5) is 0 Å². The summed E-state index contributed by atoms with van der Waals surface area (Å²) in [4.78, 5) is 0. The van der Waals surface area contributed by atoms with Crippen molar-refractivity contribution in [2.24, 2.45) is 0 Å². The third-order valence-corrected chi connectivity index (χ3v) is 0.368. The Kier molecular flexibility index (Phi) is 3.93. The van der Waals surface area contributed by atoms with Gasteiger partial charge in [-0.3, -0.25) is 0 Å². The van der Waals surface area contributed by atoms with Crippen molar-refractivity contribution in [3.8, 4) is 6.07 Å². The Labute approximate surface area is 42.6 Å². The van der Waals surface area contributed by atoms with Gasteiger partial charge in [0.2, 0.25) is 0 Å². The van der Waals surface area contributed by atoms with E-state index >= 15 is 0 Å². The molecule has 0 spiro atoms. The van der Waals surface area contributed by atoms with Crippen molar-refractivity contribution >= 4 is 0 Å². The van der Waals surface area contributed by atoms with Crippen LogP contribution in [0.2, 0.25) is 0 Å². The minimum atomic E-state index is 0.869. The Morgan fingerprint density at radius 2 is 2.00 bits per heavy atom. The topological polar surface area (TPSA) is 46.1 Å². The fraction of sp³-hybridized carbons (Fsp3) is 0. The Morgan fingerprint density at radius 3 is 2.43 bits per heavy atom. The van der Waals surface area contributed by atoms with Crippen LogP contribution in [0.5, 0.6) is 0 Å². The van der Waals surface area contributed by atoms with Gasteiger partial charge in [0.25, 0.3) is 0 Å². The summed E-state index contributed by atoms with van der Waals surface area (Å²) in [6, 6.07) is 1.76. The maximum atomic E-state index is 7.95. The van der Waals surface area contributed by atoms with Gasteiger partial charge in [-0.25, -0.2) is 0 Å². The first kappa shape index (κ1) is 5.77. The van der Waals surface area contributed by atoms with E-state index < -0.39 is 0 Å². The van der Waals surface area contributed by atoms with E-state index in [4.69, 9.17) is 11.0 Å². The highest BCUT2D eigenvalue weighted by Crippen LogP contribution is 1.69. The lowest BCUT2D eigenvalue weighted by Crippen LogP contribution is -1.50. The minimum absolute atomic E-state index is 0.869. The Bertz CT molecular complexity index is 117. The van der Waals surface area contributed by atoms with E-state index in [2.05, 4.69) is 0 Å². The summed E-state index contributed by atoms with van der Waals surface area (Å²) in [7, 11) is 0. The molecule has 0 aliphatic carbocycles. The first-order valence-corrected chi connectivity index (χ1v) is 1.77. The number of nitriles is 1. The molecule has 0 heterocycles. The molecule has 0 amide bonds. The molecule has 0 bridgehead atoms. The molecule has 0 aromatic heterocycles. The third kappa shape index (κ3) is 4.77. The normalized spacial score (nSPS) is 10.1. The molecule has 0 aliphatic heterocycles. The maximum Gasteiger partial charge on any atom is 0.0912 e. The van der Waals surface area contributed by atoms with Gasteiger partial charge in [-0.05, 0) is 6.08 Å². The van der Waals surface area contributed by atoms with Crippen molar-refractivity contribution in [2.45, 2.75) is 0 Å². The Morgan fingerprint density at radius 1 is 1.29 bits per heavy atom. The van der Waals surface area contributed by atoms with Crippen LogP contribution in [0.1, 0.15) is 0 Å². The first-order valence-electron chi connectivity index (χ1n) is 1.77. The van der Waals surface area contributed by atoms with Crippen LogP contribution < -0.4 is 5.73 Å². The van der Waals surface area contributed by atoms with Crippen LogP contribution >= 0.6 is 0 Å². The van der Waals surface area contributed by atoms with Gasteiger partial charge in [-0.2, -0.15) is 11.0 Å². The van der Waals surface area contributed by atoms with Gasteiger partial charge in [0.15, 0.2) is 0 Å². The van der Waals surface area contributed by atoms with Gasteiger partial charge in [0.05, 0.1) is 6.07 Å². The lowest BCUT2D eigenvalue weighted by atomic mass is 10.5. The highest BCUT2D eigenvalue weighted by Gasteiger charge is 1.56. The number of hydrogen-bond donors (Lipinski definition) is 0. The first-order chi connectivity index (χ1) is 3.41. The van der Waals surface area contributed by atoms with Crippen molar-refractivity contribution in [1.82, 2.24) is 5.73 Å². The molecule has 2 radical (unpaired) electrons. The Balaban J connectivity index is 3.33. The van der Waals surface area contributed by atoms with Crippen LogP contribution in [0.3, 0.4) is 0 Å². The molecular formula is C5H4N2. The van der Waals surface area contributed by atoms with Crippen molar-refractivity contribution in [3.63, 3.8) is 0 Å². The molecule has 0 saturated carbocycles. The molecule has 0 aromatic carbocycles. The van der Waals surface area contributed by atoms with Crippen LogP contribution in [0, 0.1) is 11.3 Å². The van der Waals surface area contributed by atoms with Crippen molar-refractivity contribution in [3.05, 3.63) is 24.4 Å². The zero-order valence-electron chi connectivity index (χ0n) is 3.70. The molecular weight excluding hydrogens is 88.1 g/mol. The largest absolute Gasteiger partial charge is 0.193 e.